The lowest BCUT2D eigenvalue weighted by Gasteiger charge is -2.34. The highest BCUT2D eigenvalue weighted by molar-refractivity contribution is 5.92. The summed E-state index contributed by atoms with van der Waals surface area (Å²) in [6.45, 7) is 3.21. The number of nitrogens with zero attached hydrogens (tertiary/aromatic N) is 6. The molecule has 13 nitrogen and oxygen atoms in total. The number of carbonyl (C=O) groups excluding carboxylic acids is 2. The molecule has 2 aromatic rings. The van der Waals surface area contributed by atoms with Gasteiger partial charge in [0.1, 0.15) is 11.8 Å². The van der Waals surface area contributed by atoms with Crippen LogP contribution in [-0.2, 0) is 14.4 Å². The fourth-order valence-electron chi connectivity index (χ4n) is 4.47. The monoisotopic (exact) mass is 576 g/mol. The molecule has 3 N–H and O–H groups in total. The van der Waals surface area contributed by atoms with Crippen molar-refractivity contribution in [2.24, 2.45) is 5.92 Å². The molecule has 41 heavy (non-hydrogen) atoms. The molecule has 3 aliphatic rings. The minimum atomic E-state index is -5.08. The fraction of sp³-hybridized carbons (Fsp3) is 0.480. The molecule has 0 unspecified atom stereocenters. The minimum Gasteiger partial charge on any atom is -0.475 e. The molecular formula is C25H27F3N8O5. The van der Waals surface area contributed by atoms with Gasteiger partial charge in [-0.3, -0.25) is 19.4 Å². The predicted molar refractivity (Wildman–Crippen MR) is 134 cm³/mol. The predicted octanol–water partition coefficient (Wildman–Crippen LogP) is 1.20. The minimum absolute atomic E-state index is 0.0485. The first-order valence-corrected chi connectivity index (χ1v) is 12.8. The lowest BCUT2D eigenvalue weighted by molar-refractivity contribution is -0.192. The quantitative estimate of drug-likeness (QED) is 0.467. The Morgan fingerprint density at radius 3 is 2.49 bits per heavy atom. The number of hydroxylamine groups is 2. The highest BCUT2D eigenvalue weighted by Gasteiger charge is 2.39. The van der Waals surface area contributed by atoms with Crippen molar-refractivity contribution in [3.05, 3.63) is 47.5 Å². The van der Waals surface area contributed by atoms with Crippen LogP contribution in [0.1, 0.15) is 46.9 Å². The van der Waals surface area contributed by atoms with Crippen molar-refractivity contribution in [1.82, 2.24) is 30.6 Å². The Labute approximate surface area is 232 Å². The van der Waals surface area contributed by atoms with Crippen LogP contribution >= 0.6 is 0 Å². The van der Waals surface area contributed by atoms with Crippen LogP contribution in [0.25, 0.3) is 0 Å². The summed E-state index contributed by atoms with van der Waals surface area (Å²) in [4.78, 5) is 55.2. The number of amides is 2. The van der Waals surface area contributed by atoms with Gasteiger partial charge in [-0.05, 0) is 30.5 Å². The molecule has 3 aliphatic heterocycles. The molecule has 3 fully saturated rings. The van der Waals surface area contributed by atoms with Crippen LogP contribution in [0.2, 0.25) is 0 Å². The summed E-state index contributed by atoms with van der Waals surface area (Å²) in [6.07, 6.45) is 1.64. The number of nitrogens with one attached hydrogen (secondary N) is 2. The van der Waals surface area contributed by atoms with Crippen molar-refractivity contribution < 1.29 is 37.5 Å². The summed E-state index contributed by atoms with van der Waals surface area (Å²) in [7, 11) is 0. The number of pyridine rings is 1. The third kappa shape index (κ3) is 7.44. The van der Waals surface area contributed by atoms with E-state index in [1.807, 2.05) is 4.90 Å². The van der Waals surface area contributed by atoms with Gasteiger partial charge in [-0.25, -0.2) is 19.8 Å². The number of carboxylic acids is 1. The van der Waals surface area contributed by atoms with Gasteiger partial charge in [0.15, 0.2) is 0 Å². The molecule has 2 aromatic heterocycles. The van der Waals surface area contributed by atoms with Crippen LogP contribution in [-0.4, -0.2) is 87.9 Å². The number of rotatable bonds is 5. The number of aromatic nitrogens is 3. The van der Waals surface area contributed by atoms with E-state index in [2.05, 4.69) is 31.7 Å². The average molecular weight is 577 g/mol. The highest BCUT2D eigenvalue weighted by atomic mass is 19.4. The van der Waals surface area contributed by atoms with Gasteiger partial charge in [-0.1, -0.05) is 0 Å². The summed E-state index contributed by atoms with van der Waals surface area (Å²) < 4.78 is 31.7. The lowest BCUT2D eigenvalue weighted by Crippen LogP contribution is -2.57. The Hall–Kier alpha value is -4.36. The van der Waals surface area contributed by atoms with Gasteiger partial charge in [-0.15, -0.1) is 0 Å². The molecule has 0 spiro atoms. The lowest BCUT2D eigenvalue weighted by atomic mass is 9.94. The third-order valence-electron chi connectivity index (χ3n) is 6.76. The summed E-state index contributed by atoms with van der Waals surface area (Å²) in [6, 6.07) is 5.37. The highest BCUT2D eigenvalue weighted by Crippen LogP contribution is 2.33. The number of hydrogen-bond acceptors (Lipinski definition) is 10. The largest absolute Gasteiger partial charge is 0.490 e. The molecule has 2 amide bonds. The Bertz CT molecular complexity index is 1310. The van der Waals surface area contributed by atoms with Crippen molar-refractivity contribution in [2.75, 3.05) is 37.7 Å². The van der Waals surface area contributed by atoms with Crippen LogP contribution in [0.3, 0.4) is 0 Å². The van der Waals surface area contributed by atoms with Crippen molar-refractivity contribution in [2.45, 2.75) is 37.5 Å². The zero-order valence-electron chi connectivity index (χ0n) is 21.7. The van der Waals surface area contributed by atoms with E-state index in [0.29, 0.717) is 56.2 Å². The van der Waals surface area contributed by atoms with Crippen molar-refractivity contribution in [3.8, 4) is 6.07 Å². The zero-order valence-corrected chi connectivity index (χ0v) is 21.7. The molecule has 5 rings (SSSR count). The molecule has 0 aliphatic carbocycles. The van der Waals surface area contributed by atoms with E-state index in [9.17, 15) is 22.8 Å². The molecule has 0 aromatic carbocycles. The molecular weight excluding hydrogens is 549 g/mol. The van der Waals surface area contributed by atoms with Crippen LogP contribution < -0.4 is 15.5 Å². The Balaban J connectivity index is 0.000000493. The third-order valence-corrected chi connectivity index (χ3v) is 6.76. The molecule has 0 radical (unpaired) electrons. The van der Waals surface area contributed by atoms with Crippen LogP contribution in [0.15, 0.2) is 30.7 Å². The van der Waals surface area contributed by atoms with Crippen LogP contribution in [0.5, 0.6) is 0 Å². The Morgan fingerprint density at radius 2 is 1.88 bits per heavy atom. The number of aliphatic carboxylic acids is 1. The van der Waals surface area contributed by atoms with Crippen LogP contribution in [0, 0.1) is 17.2 Å². The van der Waals surface area contributed by atoms with Gasteiger partial charge in [0.25, 0.3) is 5.91 Å². The summed E-state index contributed by atoms with van der Waals surface area (Å²) in [5.41, 5.74) is 1.62. The molecule has 0 bridgehead atoms. The maximum Gasteiger partial charge on any atom is 0.490 e. The van der Waals surface area contributed by atoms with Crippen molar-refractivity contribution in [3.63, 3.8) is 0 Å². The second kappa shape index (κ2) is 12.9. The molecule has 0 saturated carbocycles. The first-order valence-electron chi connectivity index (χ1n) is 12.8. The van der Waals surface area contributed by atoms with E-state index in [1.165, 1.54) is 11.3 Å². The van der Waals surface area contributed by atoms with E-state index in [-0.39, 0.29) is 29.8 Å². The SMILES string of the molecule is N#Cc1cncc([C@@H]2CCON2C(=O)C2CCN(c3nccc(C(=O)NC4CNC4)n3)CC2)c1.O=C(O)C(F)(F)F. The zero-order chi connectivity index (χ0) is 29.6. The van der Waals surface area contributed by atoms with Crippen molar-refractivity contribution in [1.29, 1.82) is 5.26 Å². The summed E-state index contributed by atoms with van der Waals surface area (Å²) in [5.74, 6) is -2.69. The number of piperidine rings is 1. The number of carbonyl (C=O) groups is 3. The van der Waals surface area contributed by atoms with E-state index in [4.69, 9.17) is 20.0 Å². The van der Waals surface area contributed by atoms with Gasteiger partial charge in [0.05, 0.1) is 24.3 Å². The number of hydrogen-bond donors (Lipinski definition) is 3. The fourth-order valence-corrected chi connectivity index (χ4v) is 4.47. The molecule has 218 valence electrons. The maximum absolute atomic E-state index is 13.3. The number of carboxylic acid groups (broad SMARTS) is 1. The van der Waals surface area contributed by atoms with Gasteiger partial charge < -0.3 is 20.6 Å². The molecule has 5 heterocycles. The average Bonchev–Trinajstić information content (AvgIpc) is 3.45. The number of anilines is 1. The normalized spacial score (nSPS) is 19.4. The second-order valence-corrected chi connectivity index (χ2v) is 9.56. The van der Waals surface area contributed by atoms with Gasteiger partial charge in [-0.2, -0.15) is 18.4 Å². The van der Waals surface area contributed by atoms with E-state index in [1.54, 1.807) is 24.5 Å². The second-order valence-electron chi connectivity index (χ2n) is 9.56. The first-order chi connectivity index (χ1) is 19.6. The topological polar surface area (TPSA) is 174 Å². The Kier molecular flexibility index (Phi) is 9.30. The molecule has 1 atom stereocenters. The molecule has 3 saturated heterocycles. The van der Waals surface area contributed by atoms with Crippen molar-refractivity contribution >= 4 is 23.7 Å². The first kappa shape index (κ1) is 29.6. The Morgan fingerprint density at radius 1 is 1.17 bits per heavy atom. The summed E-state index contributed by atoms with van der Waals surface area (Å²) in [5, 5.41) is 23.8. The maximum atomic E-state index is 13.3. The summed E-state index contributed by atoms with van der Waals surface area (Å²) >= 11 is 0. The van der Waals surface area contributed by atoms with E-state index >= 15 is 0 Å². The van der Waals surface area contributed by atoms with E-state index in [0.717, 1.165) is 18.7 Å². The van der Waals surface area contributed by atoms with Gasteiger partial charge in [0, 0.05) is 57.1 Å². The van der Waals surface area contributed by atoms with Gasteiger partial charge >= 0.3 is 12.1 Å². The standard InChI is InChI=1S/C23H26N8O3.C2HF3O2/c24-10-15-9-17(12-25-11-15)20-4-8-34-31(20)22(33)16-2-6-30(7-3-16)23-27-5-1-19(29-23)21(32)28-18-13-26-14-18;3-2(4,5)1(6)7/h1,5,9,11-12,16,18,20,26H,2-4,6-8,13-14H2,(H,28,32);(H,6,7)/t20-;/m0./s1. The van der Waals surface area contributed by atoms with Crippen LogP contribution in [0.4, 0.5) is 19.1 Å². The van der Waals surface area contributed by atoms with Gasteiger partial charge in [0.2, 0.25) is 11.9 Å². The number of nitriles is 1. The molecule has 16 heteroatoms. The number of halogens is 3. The number of alkyl halides is 3. The van der Waals surface area contributed by atoms with E-state index < -0.39 is 12.1 Å². The smallest absolute Gasteiger partial charge is 0.475 e.